The third-order valence-electron chi connectivity index (χ3n) is 9.52. The molecule has 0 N–H and O–H groups in total. The van der Waals surface area contributed by atoms with Gasteiger partial charge < -0.3 is 4.57 Å². The Morgan fingerprint density at radius 1 is 0.533 bits per heavy atom. The van der Waals surface area contributed by atoms with Crippen LogP contribution in [0.3, 0.4) is 0 Å². The zero-order valence-electron chi connectivity index (χ0n) is 24.3. The van der Waals surface area contributed by atoms with E-state index in [1.807, 2.05) is 11.8 Å². The van der Waals surface area contributed by atoms with Crippen LogP contribution in [0.4, 0.5) is 0 Å². The molecule has 0 saturated heterocycles. The number of pyridine rings is 1. The molecule has 0 amide bonds. The summed E-state index contributed by atoms with van der Waals surface area (Å²) < 4.78 is 4.77. The molecule has 4 heteroatoms. The molecule has 1 aliphatic carbocycles. The molecule has 0 radical (unpaired) electrons. The van der Waals surface area contributed by atoms with E-state index >= 15 is 0 Å². The molecule has 0 fully saturated rings. The van der Waals surface area contributed by atoms with Gasteiger partial charge in [-0.05, 0) is 53.6 Å². The quantitative estimate of drug-likeness (QED) is 0.203. The Morgan fingerprint density at radius 2 is 1.09 bits per heavy atom. The van der Waals surface area contributed by atoms with E-state index < -0.39 is 0 Å². The lowest BCUT2D eigenvalue weighted by atomic mass is 9.86. The first-order valence-corrected chi connectivity index (χ1v) is 16.4. The summed E-state index contributed by atoms with van der Waals surface area (Å²) >= 11 is 1.99. The second kappa shape index (κ2) is 9.59. The summed E-state index contributed by atoms with van der Waals surface area (Å²) in [5.74, 6) is 1.24. The number of rotatable bonds is 3. The summed E-state index contributed by atoms with van der Waals surface area (Å²) in [6.07, 6.45) is 6.88. The smallest absolute Gasteiger partial charge is 0.138 e. The fourth-order valence-corrected chi connectivity index (χ4v) is 9.18. The first kappa shape index (κ1) is 25.1. The van der Waals surface area contributed by atoms with E-state index in [0.717, 1.165) is 11.5 Å². The number of hydrogen-bond donors (Lipinski definition) is 0. The van der Waals surface area contributed by atoms with Gasteiger partial charge in [0.1, 0.15) is 5.82 Å². The van der Waals surface area contributed by atoms with Crippen LogP contribution in [0.25, 0.3) is 60.7 Å². The molecule has 0 saturated carbocycles. The summed E-state index contributed by atoms with van der Waals surface area (Å²) in [6, 6.07) is 48.1. The molecule has 4 heterocycles. The molecule has 2 unspecified atom stereocenters. The molecule has 45 heavy (non-hydrogen) atoms. The largest absolute Gasteiger partial charge is 0.308 e. The van der Waals surface area contributed by atoms with E-state index in [0.29, 0.717) is 0 Å². The summed E-state index contributed by atoms with van der Waals surface area (Å²) in [5.41, 5.74) is 9.80. The number of para-hydroxylation sites is 4. The Hall–Kier alpha value is -5.32. The Labute approximate surface area is 264 Å². The molecule has 8 aromatic rings. The van der Waals surface area contributed by atoms with Gasteiger partial charge in [-0.2, -0.15) is 0 Å². The van der Waals surface area contributed by atoms with E-state index in [4.69, 9.17) is 4.98 Å². The molecule has 0 bridgehead atoms. The summed E-state index contributed by atoms with van der Waals surface area (Å²) in [4.78, 5) is 6.72. The molecule has 1 aliphatic heterocycles. The fourth-order valence-electron chi connectivity index (χ4n) is 7.60. The first-order valence-electron chi connectivity index (χ1n) is 15.5. The number of fused-ring (bicyclic) bond motifs is 9. The topological polar surface area (TPSA) is 22.8 Å². The van der Waals surface area contributed by atoms with Gasteiger partial charge in [-0.15, -0.1) is 11.8 Å². The average Bonchev–Trinajstić information content (AvgIpc) is 3.76. The van der Waals surface area contributed by atoms with Crippen molar-refractivity contribution in [1.82, 2.24) is 14.1 Å². The van der Waals surface area contributed by atoms with Crippen LogP contribution in [-0.2, 0) is 0 Å². The normalized spacial score (nSPS) is 17.3. The highest BCUT2D eigenvalue weighted by molar-refractivity contribution is 8.00. The third kappa shape index (κ3) is 3.57. The van der Waals surface area contributed by atoms with Crippen LogP contribution in [0.15, 0.2) is 157 Å². The number of benzene rings is 5. The molecule has 2 aliphatic rings. The van der Waals surface area contributed by atoms with Gasteiger partial charge in [0.25, 0.3) is 0 Å². The number of allylic oxidation sites excluding steroid dienone is 3. The van der Waals surface area contributed by atoms with Crippen molar-refractivity contribution in [2.75, 3.05) is 0 Å². The van der Waals surface area contributed by atoms with Gasteiger partial charge in [0.05, 0.1) is 33.4 Å². The predicted octanol–water partition coefficient (Wildman–Crippen LogP) is 10.5. The fraction of sp³-hybridized carbons (Fsp3) is 0.0488. The van der Waals surface area contributed by atoms with Crippen LogP contribution in [0.5, 0.6) is 0 Å². The highest BCUT2D eigenvalue weighted by atomic mass is 32.2. The molecule has 3 aromatic heterocycles. The van der Waals surface area contributed by atoms with Crippen LogP contribution in [-0.4, -0.2) is 19.4 Å². The number of aromatic nitrogens is 3. The van der Waals surface area contributed by atoms with Crippen molar-refractivity contribution in [3.8, 4) is 11.5 Å². The molecule has 212 valence electrons. The summed E-state index contributed by atoms with van der Waals surface area (Å²) in [7, 11) is 0. The second-order valence-corrected chi connectivity index (χ2v) is 13.0. The number of nitrogens with zero attached hydrogens (tertiary/aromatic N) is 3. The maximum Gasteiger partial charge on any atom is 0.138 e. The lowest BCUT2D eigenvalue weighted by Gasteiger charge is -2.23. The molecular weight excluding hydrogens is 567 g/mol. The average molecular weight is 594 g/mol. The monoisotopic (exact) mass is 593 g/mol. The van der Waals surface area contributed by atoms with Gasteiger partial charge in [0, 0.05) is 37.6 Å². The van der Waals surface area contributed by atoms with E-state index in [-0.39, 0.29) is 11.2 Å². The second-order valence-electron chi connectivity index (χ2n) is 11.9. The zero-order valence-corrected chi connectivity index (χ0v) is 25.2. The van der Waals surface area contributed by atoms with Gasteiger partial charge in [0.15, 0.2) is 0 Å². The van der Waals surface area contributed by atoms with Crippen LogP contribution in [0, 0.1) is 0 Å². The van der Waals surface area contributed by atoms with Crippen LogP contribution in [0.2, 0.25) is 0 Å². The number of hydrogen-bond acceptors (Lipinski definition) is 2. The lowest BCUT2D eigenvalue weighted by molar-refractivity contribution is 0.883. The van der Waals surface area contributed by atoms with Crippen molar-refractivity contribution < 1.29 is 0 Å². The minimum absolute atomic E-state index is 0.250. The van der Waals surface area contributed by atoms with Gasteiger partial charge in [-0.1, -0.05) is 109 Å². The SMILES string of the molecule is C1=CC2c3cccc(-n4c5ccccc5c5ccccc54)c3SC2C(c2cccc(-n3c4ccccc4c4ccccc43)n2)=C1. The maximum atomic E-state index is 5.36. The van der Waals surface area contributed by atoms with E-state index in [1.165, 1.54) is 65.3 Å². The minimum Gasteiger partial charge on any atom is -0.308 e. The molecular formula is C41H27N3S. The van der Waals surface area contributed by atoms with Crippen molar-refractivity contribution in [2.24, 2.45) is 0 Å². The molecule has 3 nitrogen and oxygen atoms in total. The van der Waals surface area contributed by atoms with E-state index in [9.17, 15) is 0 Å². The van der Waals surface area contributed by atoms with Crippen molar-refractivity contribution in [3.63, 3.8) is 0 Å². The third-order valence-corrected chi connectivity index (χ3v) is 11.0. The van der Waals surface area contributed by atoms with Crippen molar-refractivity contribution in [2.45, 2.75) is 16.1 Å². The summed E-state index contributed by atoms with van der Waals surface area (Å²) in [6.45, 7) is 0. The van der Waals surface area contributed by atoms with E-state index in [1.54, 1.807) is 0 Å². The Balaban J connectivity index is 1.10. The van der Waals surface area contributed by atoms with E-state index in [2.05, 4.69) is 161 Å². The van der Waals surface area contributed by atoms with Crippen LogP contribution >= 0.6 is 11.8 Å². The molecule has 2 atom stereocenters. The Morgan fingerprint density at radius 3 is 1.71 bits per heavy atom. The first-order chi connectivity index (χ1) is 22.3. The Kier molecular flexibility index (Phi) is 5.34. The minimum atomic E-state index is 0.250. The van der Waals surface area contributed by atoms with Crippen molar-refractivity contribution in [3.05, 3.63) is 163 Å². The Bertz CT molecular complexity index is 2440. The highest BCUT2D eigenvalue weighted by Crippen LogP contribution is 2.55. The van der Waals surface area contributed by atoms with Gasteiger partial charge >= 0.3 is 0 Å². The summed E-state index contributed by atoms with van der Waals surface area (Å²) in [5, 5.41) is 5.33. The van der Waals surface area contributed by atoms with Crippen molar-refractivity contribution in [1.29, 1.82) is 0 Å². The van der Waals surface area contributed by atoms with Gasteiger partial charge in [-0.3, -0.25) is 4.57 Å². The molecule has 10 rings (SSSR count). The predicted molar refractivity (Wildman–Crippen MR) is 189 cm³/mol. The standard InChI is InChI=1S/C41H27N3S/c1-5-20-34-26(12-1)27-13-2-6-21-35(27)43(34)38-24-10-17-31-30-16-9-18-32(40(30)45-41(31)38)33-19-11-25-39(42-33)44-36-22-7-3-14-28(36)29-15-4-8-23-37(29)44/h1-25,30,40H. The maximum absolute atomic E-state index is 5.36. The van der Waals surface area contributed by atoms with Crippen LogP contribution in [0.1, 0.15) is 17.2 Å². The molecule has 5 aromatic carbocycles. The van der Waals surface area contributed by atoms with Crippen LogP contribution < -0.4 is 0 Å². The van der Waals surface area contributed by atoms with Gasteiger partial charge in [-0.25, -0.2) is 4.98 Å². The molecule has 0 spiro atoms. The highest BCUT2D eigenvalue weighted by Gasteiger charge is 2.38. The van der Waals surface area contributed by atoms with Gasteiger partial charge in [0.2, 0.25) is 0 Å². The number of thioether (sulfide) groups is 1. The lowest BCUT2D eigenvalue weighted by Crippen LogP contribution is -2.14. The zero-order chi connectivity index (χ0) is 29.5. The van der Waals surface area contributed by atoms with Crippen molar-refractivity contribution >= 4 is 60.9 Å².